The Balaban J connectivity index is 1.79. The number of para-hydroxylation sites is 1. The summed E-state index contributed by atoms with van der Waals surface area (Å²) >= 11 is 1.19. The highest BCUT2D eigenvalue weighted by Gasteiger charge is 2.17. The number of hydrogen-bond acceptors (Lipinski definition) is 9. The Hall–Kier alpha value is -3.92. The van der Waals surface area contributed by atoms with Gasteiger partial charge in [-0.15, -0.1) is 5.10 Å². The molecule has 0 aliphatic heterocycles. The summed E-state index contributed by atoms with van der Waals surface area (Å²) in [7, 11) is 4.58. The molecule has 2 heterocycles. The minimum Gasteiger partial charge on any atom is -0.493 e. The predicted molar refractivity (Wildman–Crippen MR) is 119 cm³/mol. The molecule has 2 aromatic heterocycles. The number of aromatic nitrogens is 3. The lowest BCUT2D eigenvalue weighted by molar-refractivity contribution is -0.131. The minimum atomic E-state index is -0.454. The lowest BCUT2D eigenvalue weighted by atomic mass is 10.1. The fourth-order valence-corrected chi connectivity index (χ4v) is 4.09. The van der Waals surface area contributed by atoms with Crippen LogP contribution in [-0.4, -0.2) is 41.9 Å². The Kier molecular flexibility index (Phi) is 5.78. The van der Waals surface area contributed by atoms with E-state index in [4.69, 9.17) is 18.9 Å². The summed E-state index contributed by atoms with van der Waals surface area (Å²) in [6, 6.07) is 10.4. The first-order valence-electron chi connectivity index (χ1n) is 9.44. The van der Waals surface area contributed by atoms with Crippen LogP contribution in [0.2, 0.25) is 0 Å². The number of hydrogen-bond donors (Lipinski definition) is 0. The van der Waals surface area contributed by atoms with Crippen LogP contribution < -0.4 is 29.0 Å². The van der Waals surface area contributed by atoms with Gasteiger partial charge >= 0.3 is 5.97 Å². The van der Waals surface area contributed by atoms with Crippen molar-refractivity contribution >= 4 is 28.3 Å². The van der Waals surface area contributed by atoms with Crippen LogP contribution in [0.3, 0.4) is 0 Å². The SMILES string of the molecule is COc1cc(C=c2sc3nc(-c4ccccc4OC(C)=O)nn3c2=O)cc(OC)c1OC. The number of methoxy groups -OCH3 is 3. The van der Waals surface area contributed by atoms with Crippen LogP contribution in [0.4, 0.5) is 0 Å². The number of nitrogens with zero attached hydrogens (tertiary/aromatic N) is 3. The van der Waals surface area contributed by atoms with Crippen molar-refractivity contribution in [2.75, 3.05) is 21.3 Å². The third kappa shape index (κ3) is 3.87. The highest BCUT2D eigenvalue weighted by molar-refractivity contribution is 7.15. The lowest BCUT2D eigenvalue weighted by Crippen LogP contribution is -2.23. The molecular weight excluding hydrogens is 434 g/mol. The minimum absolute atomic E-state index is 0.296. The first-order chi connectivity index (χ1) is 15.4. The molecule has 9 nitrogen and oxygen atoms in total. The van der Waals surface area contributed by atoms with Crippen molar-refractivity contribution in [1.29, 1.82) is 0 Å². The summed E-state index contributed by atoms with van der Waals surface area (Å²) < 4.78 is 23.0. The zero-order chi connectivity index (χ0) is 22.8. The average Bonchev–Trinajstić information content (AvgIpc) is 3.32. The first kappa shape index (κ1) is 21.3. The van der Waals surface area contributed by atoms with Gasteiger partial charge in [0.05, 0.1) is 31.4 Å². The molecular formula is C22H19N3O6S. The van der Waals surface area contributed by atoms with Gasteiger partial charge in [-0.25, -0.2) is 0 Å². The van der Waals surface area contributed by atoms with Gasteiger partial charge in [0.1, 0.15) is 5.75 Å². The Morgan fingerprint density at radius 3 is 2.31 bits per heavy atom. The van der Waals surface area contributed by atoms with Crippen molar-refractivity contribution in [3.63, 3.8) is 0 Å². The Morgan fingerprint density at radius 2 is 1.72 bits per heavy atom. The predicted octanol–water partition coefficient (Wildman–Crippen LogP) is 2.32. The summed E-state index contributed by atoms with van der Waals surface area (Å²) in [4.78, 5) is 29.2. The van der Waals surface area contributed by atoms with E-state index in [1.54, 1.807) is 42.5 Å². The van der Waals surface area contributed by atoms with E-state index in [1.165, 1.54) is 44.1 Å². The van der Waals surface area contributed by atoms with Gasteiger partial charge in [-0.05, 0) is 35.9 Å². The second kappa shape index (κ2) is 8.67. The molecule has 0 atom stereocenters. The topological polar surface area (TPSA) is 101 Å². The number of esters is 1. The number of carbonyl (C=O) groups is 1. The first-order valence-corrected chi connectivity index (χ1v) is 10.3. The van der Waals surface area contributed by atoms with Gasteiger partial charge in [0, 0.05) is 6.92 Å². The van der Waals surface area contributed by atoms with Crippen molar-refractivity contribution in [2.45, 2.75) is 6.92 Å². The molecule has 0 radical (unpaired) electrons. The molecule has 0 saturated heterocycles. The van der Waals surface area contributed by atoms with Crippen molar-refractivity contribution in [2.24, 2.45) is 0 Å². The normalized spacial score (nSPS) is 11.6. The quantitative estimate of drug-likeness (QED) is 0.324. The number of thiazole rings is 1. The molecule has 4 aromatic rings. The summed E-state index contributed by atoms with van der Waals surface area (Å²) in [6.45, 7) is 1.32. The third-order valence-electron chi connectivity index (χ3n) is 4.55. The molecule has 0 unspecified atom stereocenters. The maximum absolute atomic E-state index is 12.9. The second-order valence-corrected chi connectivity index (χ2v) is 7.60. The molecule has 0 amide bonds. The fourth-order valence-electron chi connectivity index (χ4n) is 3.18. The monoisotopic (exact) mass is 453 g/mol. The van der Waals surface area contributed by atoms with Gasteiger partial charge in [-0.1, -0.05) is 23.5 Å². The Morgan fingerprint density at radius 1 is 1.03 bits per heavy atom. The number of benzene rings is 2. The van der Waals surface area contributed by atoms with Gasteiger partial charge in [0.25, 0.3) is 5.56 Å². The van der Waals surface area contributed by atoms with Gasteiger partial charge in [0.2, 0.25) is 10.7 Å². The number of rotatable bonds is 6. The molecule has 0 N–H and O–H groups in total. The molecule has 0 spiro atoms. The van der Waals surface area contributed by atoms with Crippen LogP contribution >= 0.6 is 11.3 Å². The molecule has 10 heteroatoms. The molecule has 2 aromatic carbocycles. The van der Waals surface area contributed by atoms with Crippen LogP contribution in [0.15, 0.2) is 41.2 Å². The molecule has 0 saturated carbocycles. The van der Waals surface area contributed by atoms with Crippen LogP contribution in [0.25, 0.3) is 22.4 Å². The van der Waals surface area contributed by atoms with E-state index in [-0.39, 0.29) is 5.56 Å². The summed E-state index contributed by atoms with van der Waals surface area (Å²) in [6.07, 6.45) is 1.71. The van der Waals surface area contributed by atoms with E-state index in [0.29, 0.717) is 49.4 Å². The second-order valence-electron chi connectivity index (χ2n) is 6.59. The van der Waals surface area contributed by atoms with Crippen LogP contribution in [-0.2, 0) is 4.79 Å². The van der Waals surface area contributed by atoms with Crippen molar-refractivity contribution < 1.29 is 23.7 Å². The zero-order valence-electron chi connectivity index (χ0n) is 17.7. The van der Waals surface area contributed by atoms with Crippen molar-refractivity contribution in [3.05, 3.63) is 56.8 Å². The summed E-state index contributed by atoms with van der Waals surface area (Å²) in [5.41, 5.74) is 0.900. The fraction of sp³-hybridized carbons (Fsp3) is 0.182. The van der Waals surface area contributed by atoms with Crippen LogP contribution in [0, 0.1) is 0 Å². The van der Waals surface area contributed by atoms with Crippen molar-refractivity contribution in [1.82, 2.24) is 14.6 Å². The van der Waals surface area contributed by atoms with E-state index >= 15 is 0 Å². The summed E-state index contributed by atoms with van der Waals surface area (Å²) in [5, 5.41) is 4.33. The maximum atomic E-state index is 12.9. The third-order valence-corrected chi connectivity index (χ3v) is 5.51. The molecule has 0 bridgehead atoms. The Labute approximate surface area is 186 Å². The van der Waals surface area contributed by atoms with E-state index in [2.05, 4.69) is 10.1 Å². The number of carbonyl (C=O) groups excluding carboxylic acids is 1. The molecule has 0 aliphatic carbocycles. The van der Waals surface area contributed by atoms with E-state index in [0.717, 1.165) is 0 Å². The number of ether oxygens (including phenoxy) is 4. The average molecular weight is 453 g/mol. The van der Waals surface area contributed by atoms with E-state index < -0.39 is 5.97 Å². The highest BCUT2D eigenvalue weighted by atomic mass is 32.1. The van der Waals surface area contributed by atoms with Crippen LogP contribution in [0.5, 0.6) is 23.0 Å². The highest BCUT2D eigenvalue weighted by Crippen LogP contribution is 2.38. The smallest absolute Gasteiger partial charge is 0.308 e. The molecule has 164 valence electrons. The molecule has 0 fully saturated rings. The Bertz CT molecular complexity index is 1400. The maximum Gasteiger partial charge on any atom is 0.308 e. The lowest BCUT2D eigenvalue weighted by Gasteiger charge is -2.12. The van der Waals surface area contributed by atoms with Crippen molar-refractivity contribution in [3.8, 4) is 34.4 Å². The van der Waals surface area contributed by atoms with Gasteiger partial charge < -0.3 is 18.9 Å². The van der Waals surface area contributed by atoms with Crippen LogP contribution in [0.1, 0.15) is 12.5 Å². The largest absolute Gasteiger partial charge is 0.493 e. The number of fused-ring (bicyclic) bond motifs is 1. The molecule has 32 heavy (non-hydrogen) atoms. The molecule has 4 rings (SSSR count). The standard InChI is InChI=1S/C22H19N3O6S/c1-12(26)31-15-8-6-5-7-14(15)20-23-22-25(24-20)21(27)18(32-22)11-13-9-16(28-2)19(30-4)17(10-13)29-3/h5-11H,1-4H3. The van der Waals surface area contributed by atoms with Gasteiger partial charge in [0.15, 0.2) is 17.3 Å². The van der Waals surface area contributed by atoms with E-state index in [9.17, 15) is 9.59 Å². The van der Waals surface area contributed by atoms with Gasteiger partial charge in [-0.3, -0.25) is 9.59 Å². The summed E-state index contributed by atoms with van der Waals surface area (Å²) in [5.74, 6) is 1.60. The van der Waals surface area contributed by atoms with Gasteiger partial charge in [-0.2, -0.15) is 9.50 Å². The molecule has 0 aliphatic rings. The zero-order valence-corrected chi connectivity index (χ0v) is 18.6. The van der Waals surface area contributed by atoms with E-state index in [1.807, 2.05) is 0 Å².